The summed E-state index contributed by atoms with van der Waals surface area (Å²) in [4.78, 5) is 11.8. The molecular weight excluding hydrogens is 298 g/mol. The van der Waals surface area contributed by atoms with Crippen LogP contribution in [0.25, 0.3) is 0 Å². The number of H-pyrrole nitrogens is 1. The van der Waals surface area contributed by atoms with Gasteiger partial charge in [-0.3, -0.25) is 10.4 Å². The van der Waals surface area contributed by atoms with E-state index < -0.39 is 11.7 Å². The van der Waals surface area contributed by atoms with Crippen molar-refractivity contribution in [1.82, 2.24) is 15.5 Å². The fourth-order valence-corrected chi connectivity index (χ4v) is 1.81. The molecule has 0 atom stereocenters. The average Bonchev–Trinajstić information content (AvgIpc) is 3.06. The minimum atomic E-state index is -0.569. The highest BCUT2D eigenvalue weighted by atomic mass is 16.6. The molecule has 0 aliphatic carbocycles. The van der Waals surface area contributed by atoms with E-state index in [-0.39, 0.29) is 5.76 Å². The van der Waals surface area contributed by atoms with E-state index in [1.165, 1.54) is 0 Å². The molecule has 2 rings (SSSR count). The van der Waals surface area contributed by atoms with Gasteiger partial charge in [0.1, 0.15) is 23.2 Å². The van der Waals surface area contributed by atoms with Gasteiger partial charge in [-0.15, -0.1) is 0 Å². The van der Waals surface area contributed by atoms with E-state index in [2.05, 4.69) is 20.8 Å². The van der Waals surface area contributed by atoms with Crippen LogP contribution in [0.1, 0.15) is 37.9 Å². The number of carbonyl (C=O) groups is 1. The largest absolute Gasteiger partial charge is 0.449 e. The predicted octanol–water partition coefficient (Wildman–Crippen LogP) is 2.51. The van der Waals surface area contributed by atoms with E-state index in [9.17, 15) is 4.79 Å². The third-order valence-corrected chi connectivity index (χ3v) is 2.73. The number of hydrogen-bond donors (Lipinski definition) is 3. The molecule has 8 nitrogen and oxygen atoms in total. The molecule has 1 amide bonds. The molecule has 0 saturated heterocycles. The van der Waals surface area contributed by atoms with E-state index in [1.807, 2.05) is 6.07 Å². The van der Waals surface area contributed by atoms with Gasteiger partial charge in [-0.05, 0) is 32.9 Å². The highest BCUT2D eigenvalue weighted by Gasteiger charge is 2.17. The van der Waals surface area contributed by atoms with Crippen molar-refractivity contribution in [3.63, 3.8) is 0 Å². The quantitative estimate of drug-likeness (QED) is 0.780. The second-order valence-electron chi connectivity index (χ2n) is 5.88. The van der Waals surface area contributed by atoms with Crippen LogP contribution in [0, 0.1) is 11.3 Å². The zero-order valence-electron chi connectivity index (χ0n) is 13.3. The third-order valence-electron chi connectivity index (χ3n) is 2.73. The summed E-state index contributed by atoms with van der Waals surface area (Å²) in [6, 6.07) is 5.28. The summed E-state index contributed by atoms with van der Waals surface area (Å²) < 4.78 is 10.5. The molecule has 0 aliphatic rings. The van der Waals surface area contributed by atoms with Crippen molar-refractivity contribution in [2.75, 3.05) is 5.32 Å². The molecule has 0 spiro atoms. The van der Waals surface area contributed by atoms with Gasteiger partial charge in [-0.2, -0.15) is 10.4 Å². The first-order chi connectivity index (χ1) is 10.9. The standard InChI is InChI=1S/C15H19N5O3/c1-15(2,3)23-14(21)19-13-10(8-18-20-13)7-17-9-12-5-4-11(6-16)22-12/h4-5,8,17H,7,9H2,1-3H3,(H2,18,19,20,21). The van der Waals surface area contributed by atoms with E-state index in [1.54, 1.807) is 39.1 Å². The van der Waals surface area contributed by atoms with Crippen LogP contribution >= 0.6 is 0 Å². The molecule has 122 valence electrons. The van der Waals surface area contributed by atoms with Gasteiger partial charge >= 0.3 is 6.09 Å². The summed E-state index contributed by atoms with van der Waals surface area (Å²) in [6.45, 7) is 6.30. The van der Waals surface area contributed by atoms with Crippen LogP contribution in [0.2, 0.25) is 0 Å². The van der Waals surface area contributed by atoms with Crippen LogP contribution in [-0.2, 0) is 17.8 Å². The summed E-state index contributed by atoms with van der Waals surface area (Å²) in [5.41, 5.74) is 0.211. The zero-order chi connectivity index (χ0) is 16.9. The van der Waals surface area contributed by atoms with Crippen molar-refractivity contribution < 1.29 is 13.9 Å². The molecule has 23 heavy (non-hydrogen) atoms. The molecule has 0 aliphatic heterocycles. The lowest BCUT2D eigenvalue weighted by molar-refractivity contribution is 0.0635. The number of ether oxygens (including phenoxy) is 1. The van der Waals surface area contributed by atoms with Crippen LogP contribution in [-0.4, -0.2) is 21.9 Å². The summed E-state index contributed by atoms with van der Waals surface area (Å²) >= 11 is 0. The number of nitriles is 1. The van der Waals surface area contributed by atoms with E-state index in [4.69, 9.17) is 14.4 Å². The van der Waals surface area contributed by atoms with Crippen LogP contribution < -0.4 is 10.6 Å². The monoisotopic (exact) mass is 317 g/mol. The third kappa shape index (κ3) is 5.16. The van der Waals surface area contributed by atoms with Crippen LogP contribution in [0.5, 0.6) is 0 Å². The number of furan rings is 1. The number of aromatic amines is 1. The Morgan fingerprint density at radius 2 is 2.22 bits per heavy atom. The first-order valence-corrected chi connectivity index (χ1v) is 7.09. The van der Waals surface area contributed by atoms with Gasteiger partial charge in [-0.1, -0.05) is 0 Å². The molecule has 2 heterocycles. The Morgan fingerprint density at radius 1 is 1.43 bits per heavy atom. The maximum Gasteiger partial charge on any atom is 0.413 e. The normalized spacial score (nSPS) is 11.0. The van der Waals surface area contributed by atoms with Crippen molar-refractivity contribution in [3.05, 3.63) is 35.4 Å². The zero-order valence-corrected chi connectivity index (χ0v) is 13.3. The highest BCUT2D eigenvalue weighted by Crippen LogP contribution is 2.14. The molecule has 0 aromatic carbocycles. The summed E-state index contributed by atoms with van der Waals surface area (Å²) in [6.07, 6.45) is 1.07. The topological polar surface area (TPSA) is 116 Å². The van der Waals surface area contributed by atoms with Crippen molar-refractivity contribution >= 4 is 11.9 Å². The molecule has 0 radical (unpaired) electrons. The Labute approximate surface area is 133 Å². The van der Waals surface area contributed by atoms with E-state index in [0.29, 0.717) is 24.7 Å². The highest BCUT2D eigenvalue weighted by molar-refractivity contribution is 5.84. The van der Waals surface area contributed by atoms with E-state index in [0.717, 1.165) is 5.56 Å². The Morgan fingerprint density at radius 3 is 2.87 bits per heavy atom. The molecule has 8 heteroatoms. The summed E-state index contributed by atoms with van der Waals surface area (Å²) in [5, 5.41) is 21.1. The average molecular weight is 317 g/mol. The lowest BCUT2D eigenvalue weighted by Crippen LogP contribution is -2.27. The maximum absolute atomic E-state index is 11.8. The smallest absolute Gasteiger partial charge is 0.413 e. The molecular formula is C15H19N5O3. The maximum atomic E-state index is 11.8. The first kappa shape index (κ1) is 16.6. The van der Waals surface area contributed by atoms with Crippen molar-refractivity contribution in [3.8, 4) is 6.07 Å². The molecule has 0 saturated carbocycles. The fraction of sp³-hybridized carbons (Fsp3) is 0.400. The number of aromatic nitrogens is 2. The predicted molar refractivity (Wildman–Crippen MR) is 82.4 cm³/mol. The lowest BCUT2D eigenvalue weighted by atomic mass is 10.2. The number of nitrogens with zero attached hydrogens (tertiary/aromatic N) is 2. The SMILES string of the molecule is CC(C)(C)OC(=O)Nc1[nH]ncc1CNCc1ccc(C#N)o1. The first-order valence-electron chi connectivity index (χ1n) is 7.09. The Bertz CT molecular complexity index is 705. The van der Waals surface area contributed by atoms with Gasteiger partial charge < -0.3 is 14.5 Å². The Balaban J connectivity index is 1.86. The van der Waals surface area contributed by atoms with Crippen molar-refractivity contribution in [2.24, 2.45) is 0 Å². The minimum absolute atomic E-state index is 0.275. The fourth-order valence-electron chi connectivity index (χ4n) is 1.81. The summed E-state index contributed by atoms with van der Waals surface area (Å²) in [5.74, 6) is 1.41. The lowest BCUT2D eigenvalue weighted by Gasteiger charge is -2.19. The van der Waals surface area contributed by atoms with Gasteiger partial charge in [0, 0.05) is 12.1 Å². The molecule has 2 aromatic heterocycles. The number of carbonyl (C=O) groups excluding carboxylic acids is 1. The Hall–Kier alpha value is -2.79. The second kappa shape index (κ2) is 6.98. The van der Waals surface area contributed by atoms with Gasteiger partial charge in [0.2, 0.25) is 5.76 Å². The van der Waals surface area contributed by atoms with Gasteiger partial charge in [0.25, 0.3) is 0 Å². The van der Waals surface area contributed by atoms with Gasteiger partial charge in [0.05, 0.1) is 12.7 Å². The molecule has 3 N–H and O–H groups in total. The summed E-state index contributed by atoms with van der Waals surface area (Å²) in [7, 11) is 0. The van der Waals surface area contributed by atoms with Gasteiger partial charge in [0.15, 0.2) is 0 Å². The Kier molecular flexibility index (Phi) is 5.03. The van der Waals surface area contributed by atoms with Crippen LogP contribution in [0.3, 0.4) is 0 Å². The van der Waals surface area contributed by atoms with Crippen molar-refractivity contribution in [1.29, 1.82) is 5.26 Å². The molecule has 0 bridgehead atoms. The van der Waals surface area contributed by atoms with Gasteiger partial charge in [-0.25, -0.2) is 4.79 Å². The number of rotatable bonds is 5. The van der Waals surface area contributed by atoms with Crippen LogP contribution in [0.4, 0.5) is 10.6 Å². The number of amides is 1. The minimum Gasteiger partial charge on any atom is -0.449 e. The van der Waals surface area contributed by atoms with Crippen LogP contribution in [0.15, 0.2) is 22.7 Å². The molecule has 0 fully saturated rings. The molecule has 2 aromatic rings. The molecule has 0 unspecified atom stereocenters. The second-order valence-corrected chi connectivity index (χ2v) is 5.88. The van der Waals surface area contributed by atoms with E-state index >= 15 is 0 Å². The number of nitrogens with one attached hydrogen (secondary N) is 3. The number of anilines is 1. The van der Waals surface area contributed by atoms with Crippen molar-refractivity contribution in [2.45, 2.75) is 39.5 Å². The number of hydrogen-bond acceptors (Lipinski definition) is 6.